The second-order valence-electron chi connectivity index (χ2n) is 14.5. The third-order valence-electron chi connectivity index (χ3n) is 10.2. The first-order chi connectivity index (χ1) is 28.6. The Labute approximate surface area is 346 Å². The van der Waals surface area contributed by atoms with Gasteiger partial charge in [0.2, 0.25) is 0 Å². The van der Waals surface area contributed by atoms with Gasteiger partial charge in [-0.2, -0.15) is 5.26 Å². The Hall–Kier alpha value is -4.97. The third-order valence-corrected chi connectivity index (χ3v) is 12.3. The van der Waals surface area contributed by atoms with Gasteiger partial charge < -0.3 is 32.7 Å². The van der Waals surface area contributed by atoms with Crippen molar-refractivity contribution in [2.75, 3.05) is 34.5 Å². The summed E-state index contributed by atoms with van der Waals surface area (Å²) >= 11 is 0. The van der Waals surface area contributed by atoms with Crippen LogP contribution in [0.5, 0.6) is 11.5 Å². The van der Waals surface area contributed by atoms with Gasteiger partial charge in [0.15, 0.2) is 17.4 Å². The van der Waals surface area contributed by atoms with Gasteiger partial charge in [0.25, 0.3) is 14.1 Å². The summed E-state index contributed by atoms with van der Waals surface area (Å²) in [7, 11) is 3.10. The van der Waals surface area contributed by atoms with Crippen LogP contribution < -0.4 is 15.0 Å². The molecular weight excluding hydrogens is 771 g/mol. The van der Waals surface area contributed by atoms with E-state index in [1.165, 1.54) is 17.2 Å². The van der Waals surface area contributed by atoms with E-state index in [0.29, 0.717) is 17.1 Å². The number of rotatable bonds is 20. The molecule has 312 valence electrons. The molecule has 14 nitrogen and oxygen atoms in total. The van der Waals surface area contributed by atoms with Crippen molar-refractivity contribution in [3.05, 3.63) is 131 Å². The lowest BCUT2D eigenvalue weighted by molar-refractivity contribution is -0.0938. The lowest BCUT2D eigenvalue weighted by atomic mass is 9.80. The van der Waals surface area contributed by atoms with Gasteiger partial charge in [-0.05, 0) is 68.7 Å². The molecule has 0 amide bonds. The Morgan fingerprint density at radius 1 is 0.898 bits per heavy atom. The van der Waals surface area contributed by atoms with Gasteiger partial charge in [-0.25, -0.2) is 14.6 Å². The molecule has 1 unspecified atom stereocenters. The molecular formula is C44H53N6O8P. The number of fused-ring (bicyclic) bond motifs is 1. The summed E-state index contributed by atoms with van der Waals surface area (Å²) in [6, 6.07) is 27.9. The van der Waals surface area contributed by atoms with E-state index in [2.05, 4.69) is 55.0 Å². The summed E-state index contributed by atoms with van der Waals surface area (Å²) in [5.74, 6) is 1.40. The summed E-state index contributed by atoms with van der Waals surface area (Å²) in [5.41, 5.74) is 1.61. The van der Waals surface area contributed by atoms with Crippen molar-refractivity contribution in [2.24, 2.45) is 0 Å². The summed E-state index contributed by atoms with van der Waals surface area (Å²) in [4.78, 5) is 22.5. The number of imidazole rings is 1. The molecule has 0 aliphatic carbocycles. The van der Waals surface area contributed by atoms with Crippen molar-refractivity contribution in [2.45, 2.75) is 82.9 Å². The molecule has 59 heavy (non-hydrogen) atoms. The first kappa shape index (κ1) is 43.6. The fourth-order valence-corrected chi connectivity index (χ4v) is 9.29. The van der Waals surface area contributed by atoms with E-state index in [1.54, 1.807) is 32.0 Å². The normalized spacial score (nSPS) is 18.7. The van der Waals surface area contributed by atoms with E-state index < -0.39 is 38.7 Å². The number of nitriles is 1. The average Bonchev–Trinajstić information content (AvgIpc) is 3.84. The second-order valence-corrected chi connectivity index (χ2v) is 15.9. The third kappa shape index (κ3) is 9.12. The van der Waals surface area contributed by atoms with Crippen LogP contribution in [0.4, 0.5) is 0 Å². The minimum Gasteiger partial charge on any atom is -0.497 e. The number of hydrogen-bond donors (Lipinski definition) is 0. The Kier molecular flexibility index (Phi) is 14.7. The highest BCUT2D eigenvalue weighted by Crippen LogP contribution is 2.51. The highest BCUT2D eigenvalue weighted by atomic mass is 31.2. The molecule has 0 radical (unpaired) electrons. The van der Waals surface area contributed by atoms with Gasteiger partial charge in [0.1, 0.15) is 41.7 Å². The van der Waals surface area contributed by atoms with Crippen molar-refractivity contribution in [1.29, 1.82) is 5.26 Å². The number of aromatic nitrogens is 4. The van der Waals surface area contributed by atoms with E-state index in [0.717, 1.165) is 16.7 Å². The van der Waals surface area contributed by atoms with Gasteiger partial charge in [-0.3, -0.25) is 13.9 Å². The maximum Gasteiger partial charge on any atom is 0.281 e. The molecule has 1 aliphatic heterocycles. The molecule has 3 heterocycles. The number of methoxy groups -OCH3 is 3. The largest absolute Gasteiger partial charge is 0.497 e. The highest BCUT2D eigenvalue weighted by Gasteiger charge is 2.51. The molecule has 1 fully saturated rings. The van der Waals surface area contributed by atoms with E-state index >= 15 is 0 Å². The highest BCUT2D eigenvalue weighted by molar-refractivity contribution is 7.44. The predicted octanol–water partition coefficient (Wildman–Crippen LogP) is 7.38. The van der Waals surface area contributed by atoms with Crippen molar-refractivity contribution < 1.29 is 32.7 Å². The van der Waals surface area contributed by atoms with Crippen LogP contribution in [-0.4, -0.2) is 88.7 Å². The Morgan fingerprint density at radius 3 is 2.05 bits per heavy atom. The number of allylic oxidation sites excluding steroid dienone is 1. The van der Waals surface area contributed by atoms with Crippen molar-refractivity contribution >= 4 is 19.7 Å². The first-order valence-electron chi connectivity index (χ1n) is 19.6. The lowest BCUT2D eigenvalue weighted by Crippen LogP contribution is -2.42. The molecule has 6 rings (SSSR count). The molecule has 2 aromatic heterocycles. The standard InChI is InChI=1S/C44H53N6O8P/c1-9-25-48-28-47-41-38(42(48)51)46-29-49(41)43-40(54-8)39(58-59(56-26-13-24-45)50(30(2)3)31(4)5)37(57-43)27-55-44(32-14-11-10-12-15-32,33-16-20-35(52-6)21-17-33)34-18-22-36(53-7)23-19-34/h9-12,14-23,28-31,37,39-40,43H,1,13,25-27H2,2-8H3/t37-,39-,40-,43-,59?/m1/s1. The van der Waals surface area contributed by atoms with E-state index in [1.807, 2.05) is 78.9 Å². The number of ether oxygens (including phenoxy) is 5. The zero-order valence-electron chi connectivity index (χ0n) is 34.6. The average molecular weight is 825 g/mol. The minimum absolute atomic E-state index is 0.00486. The quantitative estimate of drug-likeness (QED) is 0.0334. The summed E-state index contributed by atoms with van der Waals surface area (Å²) < 4.78 is 50.5. The number of benzene rings is 3. The molecule has 0 spiro atoms. The fourth-order valence-electron chi connectivity index (χ4n) is 7.53. The molecule has 15 heteroatoms. The molecule has 5 atom stereocenters. The summed E-state index contributed by atoms with van der Waals surface area (Å²) in [6.07, 6.45) is 1.68. The van der Waals surface area contributed by atoms with E-state index in [-0.39, 0.29) is 49.3 Å². The summed E-state index contributed by atoms with van der Waals surface area (Å²) in [6.45, 7) is 12.5. The lowest BCUT2D eigenvalue weighted by Gasteiger charge is -2.39. The van der Waals surface area contributed by atoms with Crippen molar-refractivity contribution in [1.82, 2.24) is 23.8 Å². The van der Waals surface area contributed by atoms with Crippen LogP contribution in [0.2, 0.25) is 0 Å². The topological polar surface area (TPSA) is 144 Å². The Bertz CT molecular complexity index is 2170. The number of nitrogens with zero attached hydrogens (tertiary/aromatic N) is 6. The van der Waals surface area contributed by atoms with Crippen LogP contribution in [0.25, 0.3) is 11.2 Å². The smallest absolute Gasteiger partial charge is 0.281 e. The zero-order chi connectivity index (χ0) is 42.1. The molecule has 3 aromatic carbocycles. The molecule has 0 bridgehead atoms. The van der Waals surface area contributed by atoms with Crippen LogP contribution in [-0.2, 0) is 35.4 Å². The van der Waals surface area contributed by atoms with Crippen LogP contribution in [0.15, 0.2) is 109 Å². The fraction of sp³-hybridized carbons (Fsp3) is 0.409. The summed E-state index contributed by atoms with van der Waals surface area (Å²) in [5, 5.41) is 9.43. The van der Waals surface area contributed by atoms with Gasteiger partial charge in [0, 0.05) is 25.7 Å². The molecule has 0 saturated carbocycles. The van der Waals surface area contributed by atoms with Crippen LogP contribution in [0.1, 0.15) is 57.0 Å². The van der Waals surface area contributed by atoms with E-state index in [4.69, 9.17) is 32.7 Å². The second kappa shape index (κ2) is 19.9. The van der Waals surface area contributed by atoms with Gasteiger partial charge in [0.05, 0.1) is 46.3 Å². The maximum absolute atomic E-state index is 13.4. The Balaban J connectivity index is 1.49. The van der Waals surface area contributed by atoms with Gasteiger partial charge >= 0.3 is 0 Å². The zero-order valence-corrected chi connectivity index (χ0v) is 35.5. The monoisotopic (exact) mass is 824 g/mol. The van der Waals surface area contributed by atoms with Gasteiger partial charge in [-0.1, -0.05) is 60.7 Å². The van der Waals surface area contributed by atoms with Crippen LogP contribution >= 0.6 is 8.53 Å². The van der Waals surface area contributed by atoms with E-state index in [9.17, 15) is 10.1 Å². The molecule has 0 N–H and O–H groups in total. The molecule has 1 aliphatic rings. The SMILES string of the molecule is C=CCn1cnc2c(ncn2[C@@H]2O[C@H](COC(c3ccccc3)(c3ccc(OC)cc3)c3ccc(OC)cc3)[C@@H](OP(OCCC#N)N(C(C)C)C(C)C)[C@H]2OC)c1=O. The molecule has 1 saturated heterocycles. The van der Waals surface area contributed by atoms with Crippen LogP contribution in [0, 0.1) is 11.3 Å². The first-order valence-corrected chi connectivity index (χ1v) is 20.7. The predicted molar refractivity (Wildman–Crippen MR) is 225 cm³/mol. The van der Waals surface area contributed by atoms with Crippen LogP contribution in [0.3, 0.4) is 0 Å². The minimum atomic E-state index is -1.76. The van der Waals surface area contributed by atoms with Crippen molar-refractivity contribution in [3.8, 4) is 17.6 Å². The maximum atomic E-state index is 13.4. The van der Waals surface area contributed by atoms with Crippen molar-refractivity contribution in [3.63, 3.8) is 0 Å². The molecule has 5 aromatic rings. The Morgan fingerprint density at radius 2 is 1.51 bits per heavy atom. The number of hydrogen-bond acceptors (Lipinski definition) is 12. The van der Waals surface area contributed by atoms with Gasteiger partial charge in [-0.15, -0.1) is 6.58 Å².